The van der Waals surface area contributed by atoms with Crippen LogP contribution >= 0.6 is 0 Å². The Bertz CT molecular complexity index is 1370. The van der Waals surface area contributed by atoms with E-state index >= 15 is 0 Å². The van der Waals surface area contributed by atoms with Gasteiger partial charge in [-0.05, 0) is 42.5 Å². The predicted molar refractivity (Wildman–Crippen MR) is 104 cm³/mol. The maximum Gasteiger partial charge on any atom is 0.501 e. The number of aromatic amines is 1. The first-order valence-corrected chi connectivity index (χ1v) is 10.0. The largest absolute Gasteiger partial charge is 0.501 e. The molecule has 0 saturated carbocycles. The van der Waals surface area contributed by atoms with E-state index in [-0.39, 0.29) is 17.5 Å². The number of benzene rings is 2. The van der Waals surface area contributed by atoms with E-state index in [0.29, 0.717) is 16.7 Å². The molecule has 0 spiro atoms. The highest BCUT2D eigenvalue weighted by Gasteiger charge is 2.46. The van der Waals surface area contributed by atoms with Gasteiger partial charge in [-0.1, -0.05) is 6.07 Å². The fourth-order valence-electron chi connectivity index (χ4n) is 2.70. The normalized spacial score (nSPS) is 12.1. The zero-order chi connectivity index (χ0) is 22.2. The van der Waals surface area contributed by atoms with Gasteiger partial charge < -0.3 is 10.6 Å². The standard InChI is InChI=1S/C18H12F4N6O2S/c19-10-4-5-14-13(8-10)16(28-27-14)25-15-6-7-23-17(26-15)24-11-2-1-3-12(9-11)31(29,30)18(20,21)22/h1-9H,(H3,23,24,25,26,27,28). The molecule has 0 bridgehead atoms. The van der Waals surface area contributed by atoms with E-state index < -0.39 is 26.1 Å². The van der Waals surface area contributed by atoms with Crippen molar-refractivity contribution >= 4 is 44.0 Å². The van der Waals surface area contributed by atoms with Crippen molar-refractivity contribution in [2.75, 3.05) is 10.6 Å². The van der Waals surface area contributed by atoms with Crippen molar-refractivity contribution < 1.29 is 26.0 Å². The first-order valence-electron chi connectivity index (χ1n) is 8.56. The van der Waals surface area contributed by atoms with Crippen LogP contribution in [0.1, 0.15) is 0 Å². The lowest BCUT2D eigenvalue weighted by atomic mass is 10.2. The molecule has 0 aliphatic carbocycles. The third kappa shape index (κ3) is 4.12. The second-order valence-corrected chi connectivity index (χ2v) is 8.20. The molecule has 13 heteroatoms. The predicted octanol–water partition coefficient (Wildman–Crippen LogP) is 4.27. The van der Waals surface area contributed by atoms with Crippen LogP contribution in [-0.2, 0) is 9.84 Å². The van der Waals surface area contributed by atoms with Gasteiger partial charge in [0.05, 0.1) is 10.4 Å². The van der Waals surface area contributed by atoms with E-state index in [1.807, 2.05) is 0 Å². The topological polar surface area (TPSA) is 113 Å². The van der Waals surface area contributed by atoms with Gasteiger partial charge in [0.2, 0.25) is 5.95 Å². The molecule has 160 valence electrons. The van der Waals surface area contributed by atoms with Gasteiger partial charge >= 0.3 is 5.51 Å². The van der Waals surface area contributed by atoms with Crippen LogP contribution in [0.4, 0.5) is 40.8 Å². The van der Waals surface area contributed by atoms with Crippen LogP contribution in [0.25, 0.3) is 10.9 Å². The number of H-pyrrole nitrogens is 1. The van der Waals surface area contributed by atoms with Gasteiger partial charge in [0, 0.05) is 17.3 Å². The quantitative estimate of drug-likeness (QED) is 0.388. The van der Waals surface area contributed by atoms with Gasteiger partial charge in [-0.15, -0.1) is 0 Å². The van der Waals surface area contributed by atoms with Crippen molar-refractivity contribution in [3.8, 4) is 0 Å². The van der Waals surface area contributed by atoms with E-state index in [1.54, 1.807) is 0 Å². The first kappa shape index (κ1) is 20.5. The van der Waals surface area contributed by atoms with Crippen molar-refractivity contribution in [1.29, 1.82) is 0 Å². The minimum absolute atomic E-state index is 0.0161. The molecule has 0 amide bonds. The molecule has 2 heterocycles. The fraction of sp³-hybridized carbons (Fsp3) is 0.0556. The van der Waals surface area contributed by atoms with Gasteiger partial charge in [0.25, 0.3) is 9.84 Å². The first-order chi connectivity index (χ1) is 14.6. The van der Waals surface area contributed by atoms with Gasteiger partial charge in [0.15, 0.2) is 5.82 Å². The maximum absolute atomic E-state index is 13.5. The van der Waals surface area contributed by atoms with E-state index in [1.165, 1.54) is 36.5 Å². The van der Waals surface area contributed by atoms with Crippen LogP contribution in [0.15, 0.2) is 59.6 Å². The summed E-state index contributed by atoms with van der Waals surface area (Å²) >= 11 is 0. The van der Waals surface area contributed by atoms with Crippen molar-refractivity contribution in [3.05, 3.63) is 60.5 Å². The van der Waals surface area contributed by atoms with Gasteiger partial charge in [-0.3, -0.25) is 5.10 Å². The number of halogens is 4. The minimum atomic E-state index is -5.49. The lowest BCUT2D eigenvalue weighted by molar-refractivity contribution is -0.0435. The summed E-state index contributed by atoms with van der Waals surface area (Å²) in [4.78, 5) is 7.21. The highest BCUT2D eigenvalue weighted by atomic mass is 32.2. The Balaban J connectivity index is 1.58. The maximum atomic E-state index is 13.5. The minimum Gasteiger partial charge on any atom is -0.324 e. The SMILES string of the molecule is O=S(=O)(c1cccc(Nc2nccc(Nc3n[nH]c4ccc(F)cc34)n2)c1)C(F)(F)F. The average molecular weight is 452 g/mol. The lowest BCUT2D eigenvalue weighted by Crippen LogP contribution is -2.23. The van der Waals surface area contributed by atoms with E-state index in [2.05, 4.69) is 30.8 Å². The van der Waals surface area contributed by atoms with Crippen molar-refractivity contribution in [3.63, 3.8) is 0 Å². The molecule has 0 aliphatic rings. The number of alkyl halides is 3. The molecule has 4 rings (SSSR count). The number of hydrogen-bond donors (Lipinski definition) is 3. The van der Waals surface area contributed by atoms with Crippen LogP contribution in [0.5, 0.6) is 0 Å². The molecule has 0 unspecified atom stereocenters. The molecule has 2 aromatic heterocycles. The Labute approximate surface area is 172 Å². The Morgan fingerprint density at radius 3 is 2.58 bits per heavy atom. The van der Waals surface area contributed by atoms with Crippen LogP contribution < -0.4 is 10.6 Å². The summed E-state index contributed by atoms with van der Waals surface area (Å²) in [6, 6.07) is 9.78. The Morgan fingerprint density at radius 1 is 1.00 bits per heavy atom. The highest BCUT2D eigenvalue weighted by Crippen LogP contribution is 2.31. The Morgan fingerprint density at radius 2 is 1.81 bits per heavy atom. The number of nitrogens with zero attached hydrogens (tertiary/aromatic N) is 3. The molecule has 0 radical (unpaired) electrons. The number of fused-ring (bicyclic) bond motifs is 1. The molecular formula is C18H12F4N6O2S. The second kappa shape index (κ2) is 7.50. The van der Waals surface area contributed by atoms with Crippen LogP contribution in [0.3, 0.4) is 0 Å². The Kier molecular flexibility index (Phi) is 4.97. The molecule has 0 fully saturated rings. The molecule has 8 nitrogen and oxygen atoms in total. The van der Waals surface area contributed by atoms with Crippen LogP contribution in [0.2, 0.25) is 0 Å². The van der Waals surface area contributed by atoms with E-state index in [0.717, 1.165) is 18.2 Å². The van der Waals surface area contributed by atoms with Crippen LogP contribution in [0, 0.1) is 5.82 Å². The Hall–Kier alpha value is -3.74. The number of sulfone groups is 1. The number of rotatable bonds is 5. The van der Waals surface area contributed by atoms with Crippen molar-refractivity contribution in [2.24, 2.45) is 0 Å². The van der Waals surface area contributed by atoms with Crippen molar-refractivity contribution in [1.82, 2.24) is 20.2 Å². The van der Waals surface area contributed by atoms with Crippen LogP contribution in [-0.4, -0.2) is 34.1 Å². The van der Waals surface area contributed by atoms with Crippen molar-refractivity contribution in [2.45, 2.75) is 10.4 Å². The zero-order valence-electron chi connectivity index (χ0n) is 15.3. The zero-order valence-corrected chi connectivity index (χ0v) is 16.1. The summed E-state index contributed by atoms with van der Waals surface area (Å²) in [5, 5.41) is 12.8. The molecule has 2 aromatic carbocycles. The van der Waals surface area contributed by atoms with E-state index in [9.17, 15) is 26.0 Å². The summed E-state index contributed by atoms with van der Waals surface area (Å²) in [7, 11) is -5.49. The van der Waals surface area contributed by atoms with Gasteiger partial charge in [0.1, 0.15) is 11.6 Å². The summed E-state index contributed by atoms with van der Waals surface area (Å²) in [6.07, 6.45) is 1.36. The summed E-state index contributed by atoms with van der Waals surface area (Å²) in [5.74, 6) is 0.0971. The molecule has 0 saturated heterocycles. The highest BCUT2D eigenvalue weighted by molar-refractivity contribution is 7.92. The third-order valence-corrected chi connectivity index (χ3v) is 5.62. The molecule has 4 aromatic rings. The number of hydrogen-bond acceptors (Lipinski definition) is 7. The van der Waals surface area contributed by atoms with Gasteiger partial charge in [-0.25, -0.2) is 17.8 Å². The summed E-state index contributed by atoms with van der Waals surface area (Å²) in [5.41, 5.74) is -4.79. The molecule has 0 aliphatic heterocycles. The van der Waals surface area contributed by atoms with E-state index in [4.69, 9.17) is 0 Å². The number of aromatic nitrogens is 4. The molecule has 0 atom stereocenters. The summed E-state index contributed by atoms with van der Waals surface area (Å²) < 4.78 is 75.0. The second-order valence-electron chi connectivity index (χ2n) is 6.25. The lowest BCUT2D eigenvalue weighted by Gasteiger charge is -2.11. The molecular weight excluding hydrogens is 440 g/mol. The smallest absolute Gasteiger partial charge is 0.324 e. The summed E-state index contributed by atoms with van der Waals surface area (Å²) in [6.45, 7) is 0. The molecule has 3 N–H and O–H groups in total. The third-order valence-electron chi connectivity index (χ3n) is 4.13. The molecule has 31 heavy (non-hydrogen) atoms. The average Bonchev–Trinajstić information content (AvgIpc) is 3.09. The number of nitrogens with one attached hydrogen (secondary N) is 3. The fourth-order valence-corrected chi connectivity index (χ4v) is 3.50. The monoisotopic (exact) mass is 452 g/mol. The number of anilines is 4. The van der Waals surface area contributed by atoms with Gasteiger partial charge in [-0.2, -0.15) is 23.3 Å².